The molecular weight excluding hydrogens is 270 g/mol. The van der Waals surface area contributed by atoms with Gasteiger partial charge in [0.15, 0.2) is 17.3 Å². The Bertz CT molecular complexity index is 607. The Labute approximate surface area is 123 Å². The number of nitrogens with zero attached hydrogens (tertiary/aromatic N) is 4. The Balaban J connectivity index is 1.95. The van der Waals surface area contributed by atoms with Crippen LogP contribution in [0.4, 0.5) is 0 Å². The van der Waals surface area contributed by atoms with E-state index in [1.54, 1.807) is 14.2 Å². The quantitative estimate of drug-likeness (QED) is 0.914. The first-order valence-electron chi connectivity index (χ1n) is 7.04. The molecule has 1 aromatic heterocycles. The Kier molecular flexibility index (Phi) is 4.01. The van der Waals surface area contributed by atoms with E-state index >= 15 is 0 Å². The summed E-state index contributed by atoms with van der Waals surface area (Å²) in [7, 11) is 3.24. The Morgan fingerprint density at radius 2 is 1.90 bits per heavy atom. The second-order valence-corrected chi connectivity index (χ2v) is 5.00. The van der Waals surface area contributed by atoms with Gasteiger partial charge in [0.2, 0.25) is 0 Å². The van der Waals surface area contributed by atoms with Crippen molar-refractivity contribution in [1.82, 2.24) is 25.5 Å². The van der Waals surface area contributed by atoms with Crippen molar-refractivity contribution in [3.8, 4) is 22.9 Å². The van der Waals surface area contributed by atoms with Gasteiger partial charge in [0.25, 0.3) is 0 Å². The summed E-state index contributed by atoms with van der Waals surface area (Å²) in [6.45, 7) is 1.99. The highest BCUT2D eigenvalue weighted by molar-refractivity contribution is 5.61. The van der Waals surface area contributed by atoms with Gasteiger partial charge in [-0.2, -0.15) is 0 Å². The molecule has 2 heterocycles. The van der Waals surface area contributed by atoms with Crippen LogP contribution in [0.1, 0.15) is 18.9 Å². The van der Waals surface area contributed by atoms with E-state index in [1.165, 1.54) is 0 Å². The largest absolute Gasteiger partial charge is 0.493 e. The second kappa shape index (κ2) is 6.09. The zero-order chi connectivity index (χ0) is 14.7. The number of tetrazole rings is 1. The maximum Gasteiger partial charge on any atom is 0.182 e. The molecule has 7 nitrogen and oxygen atoms in total. The van der Waals surface area contributed by atoms with Crippen molar-refractivity contribution in [1.29, 1.82) is 0 Å². The molecule has 1 aliphatic rings. The smallest absolute Gasteiger partial charge is 0.182 e. The number of hydrogen-bond donors (Lipinski definition) is 1. The topological polar surface area (TPSA) is 74.1 Å². The lowest BCUT2D eigenvalue weighted by Crippen LogP contribution is -2.30. The van der Waals surface area contributed by atoms with Crippen LogP contribution in [-0.2, 0) is 0 Å². The number of nitrogens with one attached hydrogen (secondary N) is 1. The van der Waals surface area contributed by atoms with Crippen LogP contribution in [0.3, 0.4) is 0 Å². The zero-order valence-electron chi connectivity index (χ0n) is 12.2. The normalized spacial score (nSPS) is 15.9. The molecule has 1 aromatic carbocycles. The third-order valence-corrected chi connectivity index (χ3v) is 3.79. The summed E-state index contributed by atoms with van der Waals surface area (Å²) in [6.07, 6.45) is 2.07. The molecule has 0 amide bonds. The van der Waals surface area contributed by atoms with E-state index in [4.69, 9.17) is 9.47 Å². The van der Waals surface area contributed by atoms with Gasteiger partial charge in [-0.3, -0.25) is 0 Å². The summed E-state index contributed by atoms with van der Waals surface area (Å²) in [5, 5.41) is 15.5. The molecule has 0 atom stereocenters. The third kappa shape index (κ3) is 2.69. The van der Waals surface area contributed by atoms with Gasteiger partial charge in [0.05, 0.1) is 20.3 Å². The average molecular weight is 289 g/mol. The van der Waals surface area contributed by atoms with E-state index in [-0.39, 0.29) is 0 Å². The molecule has 2 aromatic rings. The van der Waals surface area contributed by atoms with Crippen molar-refractivity contribution in [2.75, 3.05) is 27.3 Å². The Morgan fingerprint density at radius 3 is 2.62 bits per heavy atom. The molecule has 7 heteroatoms. The molecule has 3 rings (SSSR count). The molecule has 1 aliphatic heterocycles. The number of ether oxygens (including phenoxy) is 2. The van der Waals surface area contributed by atoms with Crippen LogP contribution in [0, 0.1) is 0 Å². The minimum Gasteiger partial charge on any atom is -0.493 e. The fourth-order valence-corrected chi connectivity index (χ4v) is 2.66. The van der Waals surface area contributed by atoms with Gasteiger partial charge in [0, 0.05) is 5.56 Å². The summed E-state index contributed by atoms with van der Waals surface area (Å²) >= 11 is 0. The van der Waals surface area contributed by atoms with Crippen LogP contribution in [0.15, 0.2) is 18.2 Å². The number of methoxy groups -OCH3 is 2. The first kappa shape index (κ1) is 13.8. The predicted octanol–water partition coefficient (Wildman–Crippen LogP) is 1.28. The van der Waals surface area contributed by atoms with Crippen molar-refractivity contribution in [2.24, 2.45) is 0 Å². The van der Waals surface area contributed by atoms with Gasteiger partial charge in [0.1, 0.15) is 0 Å². The number of hydrogen-bond acceptors (Lipinski definition) is 6. The molecule has 1 saturated heterocycles. The maximum atomic E-state index is 5.35. The molecular formula is C14H19N5O2. The molecule has 0 unspecified atom stereocenters. The van der Waals surface area contributed by atoms with Gasteiger partial charge < -0.3 is 14.8 Å². The van der Waals surface area contributed by atoms with Crippen molar-refractivity contribution in [2.45, 2.75) is 18.9 Å². The highest BCUT2D eigenvalue weighted by atomic mass is 16.5. The van der Waals surface area contributed by atoms with Crippen molar-refractivity contribution >= 4 is 0 Å². The van der Waals surface area contributed by atoms with Crippen LogP contribution in [0.25, 0.3) is 11.4 Å². The summed E-state index contributed by atoms with van der Waals surface area (Å²) in [5.74, 6) is 2.14. The highest BCUT2D eigenvalue weighted by Crippen LogP contribution is 2.32. The Morgan fingerprint density at radius 1 is 1.14 bits per heavy atom. The van der Waals surface area contributed by atoms with Crippen LogP contribution >= 0.6 is 0 Å². The van der Waals surface area contributed by atoms with Crippen LogP contribution in [-0.4, -0.2) is 47.5 Å². The van der Waals surface area contributed by atoms with E-state index in [9.17, 15) is 0 Å². The first-order chi connectivity index (χ1) is 10.3. The minimum atomic E-state index is 0.337. The van der Waals surface area contributed by atoms with Crippen LogP contribution in [0.2, 0.25) is 0 Å². The molecule has 0 spiro atoms. The predicted molar refractivity (Wildman–Crippen MR) is 77.5 cm³/mol. The lowest BCUT2D eigenvalue weighted by atomic mass is 10.1. The molecule has 0 bridgehead atoms. The number of rotatable bonds is 4. The summed E-state index contributed by atoms with van der Waals surface area (Å²) in [5.41, 5.74) is 0.927. The monoisotopic (exact) mass is 289 g/mol. The van der Waals surface area contributed by atoms with Gasteiger partial charge >= 0.3 is 0 Å². The van der Waals surface area contributed by atoms with Crippen molar-refractivity contribution in [3.63, 3.8) is 0 Å². The van der Waals surface area contributed by atoms with E-state index < -0.39 is 0 Å². The number of benzene rings is 1. The molecule has 21 heavy (non-hydrogen) atoms. The van der Waals surface area contributed by atoms with Crippen molar-refractivity contribution in [3.05, 3.63) is 18.2 Å². The summed E-state index contributed by atoms with van der Waals surface area (Å²) in [4.78, 5) is 0. The van der Waals surface area contributed by atoms with Crippen LogP contribution < -0.4 is 14.8 Å². The molecule has 0 aliphatic carbocycles. The average Bonchev–Trinajstić information content (AvgIpc) is 3.04. The number of piperidine rings is 1. The molecule has 0 saturated carbocycles. The highest BCUT2D eigenvalue weighted by Gasteiger charge is 2.21. The fraction of sp³-hybridized carbons (Fsp3) is 0.500. The van der Waals surface area contributed by atoms with Crippen molar-refractivity contribution < 1.29 is 9.47 Å². The Hall–Kier alpha value is -2.15. The van der Waals surface area contributed by atoms with E-state index in [1.807, 2.05) is 22.9 Å². The van der Waals surface area contributed by atoms with Gasteiger partial charge in [-0.15, -0.1) is 5.10 Å². The maximum absolute atomic E-state index is 5.35. The van der Waals surface area contributed by atoms with Gasteiger partial charge in [-0.05, 0) is 54.6 Å². The molecule has 1 fully saturated rings. The van der Waals surface area contributed by atoms with E-state index in [2.05, 4.69) is 20.8 Å². The summed E-state index contributed by atoms with van der Waals surface area (Å²) < 4.78 is 12.5. The number of aromatic nitrogens is 4. The van der Waals surface area contributed by atoms with Gasteiger partial charge in [-0.1, -0.05) is 0 Å². The molecule has 112 valence electrons. The SMILES string of the molecule is COc1ccc(-c2nnnn2C2CCNCC2)cc1OC. The fourth-order valence-electron chi connectivity index (χ4n) is 2.66. The standard InChI is InChI=1S/C14H19N5O2/c1-20-12-4-3-10(9-13(12)21-2)14-16-17-18-19(14)11-5-7-15-8-6-11/h3-4,9,11,15H,5-8H2,1-2H3. The molecule has 0 radical (unpaired) electrons. The van der Waals surface area contributed by atoms with Gasteiger partial charge in [-0.25, -0.2) is 4.68 Å². The van der Waals surface area contributed by atoms with Crippen LogP contribution in [0.5, 0.6) is 11.5 Å². The minimum absolute atomic E-state index is 0.337. The van der Waals surface area contributed by atoms with E-state index in [0.717, 1.165) is 37.3 Å². The summed E-state index contributed by atoms with van der Waals surface area (Å²) in [6, 6.07) is 6.06. The zero-order valence-corrected chi connectivity index (χ0v) is 12.2. The first-order valence-corrected chi connectivity index (χ1v) is 7.04. The lowest BCUT2D eigenvalue weighted by Gasteiger charge is -2.23. The second-order valence-electron chi connectivity index (χ2n) is 5.00. The third-order valence-electron chi connectivity index (χ3n) is 3.79. The molecule has 1 N–H and O–H groups in total. The lowest BCUT2D eigenvalue weighted by molar-refractivity contribution is 0.340. The van der Waals surface area contributed by atoms with E-state index in [0.29, 0.717) is 17.5 Å².